The molecule has 2 rings (SSSR count). The molecule has 1 heterocycles. The lowest BCUT2D eigenvalue weighted by molar-refractivity contribution is -0.157. The van der Waals surface area contributed by atoms with Gasteiger partial charge in [-0.15, -0.1) is 5.10 Å². The number of carbonyl (C=O) groups is 1. The van der Waals surface area contributed by atoms with Crippen LogP contribution in [-0.2, 0) is 14.3 Å². The quantitative estimate of drug-likeness (QED) is 0.137. The predicted octanol–water partition coefficient (Wildman–Crippen LogP) is 7.66. The van der Waals surface area contributed by atoms with Crippen molar-refractivity contribution in [3.8, 4) is 0 Å². The summed E-state index contributed by atoms with van der Waals surface area (Å²) in [6.07, 6.45) is 14.0. The van der Waals surface area contributed by atoms with Crippen LogP contribution in [-0.4, -0.2) is 39.8 Å². The first-order valence-corrected chi connectivity index (χ1v) is 14.0. The fourth-order valence-corrected chi connectivity index (χ4v) is 5.12. The largest absolute Gasteiger partial charge is 0.460 e. The molecule has 0 amide bonds. The van der Waals surface area contributed by atoms with Gasteiger partial charge in [0.05, 0.1) is 30.5 Å². The summed E-state index contributed by atoms with van der Waals surface area (Å²) in [6.45, 7) is 21.9. The van der Waals surface area contributed by atoms with Crippen LogP contribution in [0.3, 0.4) is 0 Å². The summed E-state index contributed by atoms with van der Waals surface area (Å²) in [7, 11) is 0. The summed E-state index contributed by atoms with van der Waals surface area (Å²) >= 11 is 0. The zero-order chi connectivity index (χ0) is 27.6. The van der Waals surface area contributed by atoms with Crippen LogP contribution in [0.2, 0.25) is 0 Å². The minimum Gasteiger partial charge on any atom is -0.460 e. The maximum atomic E-state index is 12.9. The van der Waals surface area contributed by atoms with E-state index in [4.69, 9.17) is 9.47 Å². The first-order chi connectivity index (χ1) is 17.4. The smallest absolute Gasteiger partial charge is 0.308 e. The highest BCUT2D eigenvalue weighted by Crippen LogP contribution is 2.47. The van der Waals surface area contributed by atoms with Crippen molar-refractivity contribution in [2.45, 2.75) is 118 Å². The SMILES string of the molecule is C=C/C=C(\C=C/C)COCCC[C@@H](CC(=O)OC(C)(C)CC)n1nnc(C2CC(CC(C)(C)C)C2)c1C. The average molecular weight is 514 g/mol. The molecule has 0 aliphatic heterocycles. The maximum absolute atomic E-state index is 12.9. The number of carbonyl (C=O) groups excluding carboxylic acids is 1. The van der Waals surface area contributed by atoms with Crippen molar-refractivity contribution >= 4 is 5.97 Å². The molecule has 1 aromatic heterocycles. The third-order valence-corrected chi connectivity index (χ3v) is 7.28. The van der Waals surface area contributed by atoms with Crippen LogP contribution < -0.4 is 0 Å². The molecule has 0 unspecified atom stereocenters. The number of aromatic nitrogens is 3. The van der Waals surface area contributed by atoms with E-state index < -0.39 is 5.60 Å². The molecule has 6 heteroatoms. The van der Waals surface area contributed by atoms with Crippen molar-refractivity contribution in [2.24, 2.45) is 11.3 Å². The van der Waals surface area contributed by atoms with E-state index in [-0.39, 0.29) is 18.4 Å². The molecule has 0 bridgehead atoms. The third kappa shape index (κ3) is 10.2. The van der Waals surface area contributed by atoms with E-state index in [1.54, 1.807) is 6.08 Å². The molecule has 0 radical (unpaired) electrons. The van der Waals surface area contributed by atoms with E-state index in [0.29, 0.717) is 24.5 Å². The minimum atomic E-state index is -0.470. The standard InChI is InChI=1S/C31H51N3O3/c1-10-14-24(15-11-2)22-36-17-13-16-27(20-28(35)37-31(8,9)12-3)34-23(4)29(32-33-34)26-18-25(19-26)21-30(5,6)7/h10-11,14-15,25-27H,1,12-13,16-22H2,2-9H3/b15-11-,24-14+/t25?,26?,27-/m0/s1. The summed E-state index contributed by atoms with van der Waals surface area (Å²) < 4.78 is 13.7. The van der Waals surface area contributed by atoms with Gasteiger partial charge in [0.1, 0.15) is 5.60 Å². The Hall–Kier alpha value is -2.21. The van der Waals surface area contributed by atoms with Gasteiger partial charge < -0.3 is 9.47 Å². The van der Waals surface area contributed by atoms with E-state index in [1.165, 1.54) is 19.3 Å². The molecule has 0 spiro atoms. The Balaban J connectivity index is 2.05. The Morgan fingerprint density at radius 3 is 2.54 bits per heavy atom. The van der Waals surface area contributed by atoms with Gasteiger partial charge in [-0.25, -0.2) is 4.68 Å². The topological polar surface area (TPSA) is 66.2 Å². The van der Waals surface area contributed by atoms with E-state index in [9.17, 15) is 4.79 Å². The Bertz CT molecular complexity index is 930. The van der Waals surface area contributed by atoms with E-state index in [2.05, 4.69) is 44.6 Å². The molecule has 6 nitrogen and oxygen atoms in total. The van der Waals surface area contributed by atoms with Crippen LogP contribution in [0.25, 0.3) is 0 Å². The first-order valence-electron chi connectivity index (χ1n) is 14.0. The monoisotopic (exact) mass is 513 g/mol. The van der Waals surface area contributed by atoms with Gasteiger partial charge in [0, 0.05) is 12.5 Å². The number of nitrogens with zero attached hydrogens (tertiary/aromatic N) is 3. The fourth-order valence-electron chi connectivity index (χ4n) is 5.12. The molecule has 1 atom stereocenters. The van der Waals surface area contributed by atoms with Gasteiger partial charge in [0.2, 0.25) is 0 Å². The van der Waals surface area contributed by atoms with Crippen molar-refractivity contribution in [1.82, 2.24) is 15.0 Å². The highest BCUT2D eigenvalue weighted by molar-refractivity contribution is 5.70. The molecule has 0 saturated heterocycles. The lowest BCUT2D eigenvalue weighted by atomic mass is 9.67. The molecule has 0 N–H and O–H groups in total. The van der Waals surface area contributed by atoms with Crippen molar-refractivity contribution in [3.63, 3.8) is 0 Å². The number of allylic oxidation sites excluding steroid dienone is 3. The lowest BCUT2D eigenvalue weighted by Crippen LogP contribution is -2.29. The number of ether oxygens (including phenoxy) is 2. The summed E-state index contributed by atoms with van der Waals surface area (Å²) in [5.41, 5.74) is 3.15. The minimum absolute atomic E-state index is 0.103. The zero-order valence-corrected chi connectivity index (χ0v) is 24.7. The van der Waals surface area contributed by atoms with Gasteiger partial charge in [-0.1, -0.05) is 63.8 Å². The van der Waals surface area contributed by atoms with E-state index >= 15 is 0 Å². The van der Waals surface area contributed by atoms with Crippen LogP contribution in [0.4, 0.5) is 0 Å². The zero-order valence-electron chi connectivity index (χ0n) is 24.7. The van der Waals surface area contributed by atoms with Crippen LogP contribution >= 0.6 is 0 Å². The molecule has 208 valence electrons. The van der Waals surface area contributed by atoms with E-state index in [0.717, 1.165) is 42.1 Å². The Morgan fingerprint density at radius 2 is 1.95 bits per heavy atom. The molecular formula is C31H51N3O3. The summed E-state index contributed by atoms with van der Waals surface area (Å²) in [4.78, 5) is 12.9. The van der Waals surface area contributed by atoms with Crippen LogP contribution in [0.1, 0.15) is 117 Å². The fraction of sp³-hybridized carbons (Fsp3) is 0.710. The average Bonchev–Trinajstić information content (AvgIpc) is 3.14. The maximum Gasteiger partial charge on any atom is 0.308 e. The summed E-state index contributed by atoms with van der Waals surface area (Å²) in [5, 5.41) is 9.15. The highest BCUT2D eigenvalue weighted by Gasteiger charge is 2.36. The first kappa shape index (κ1) is 31.0. The van der Waals surface area contributed by atoms with Gasteiger partial charge in [-0.05, 0) is 83.1 Å². The molecule has 1 aliphatic rings. The Labute approximate surface area is 225 Å². The molecule has 1 aromatic rings. The van der Waals surface area contributed by atoms with E-state index in [1.807, 2.05) is 50.6 Å². The molecule has 1 fully saturated rings. The van der Waals surface area contributed by atoms with Crippen molar-refractivity contribution in [2.75, 3.05) is 13.2 Å². The van der Waals surface area contributed by atoms with Gasteiger partial charge in [-0.3, -0.25) is 4.79 Å². The molecule has 1 aliphatic carbocycles. The third-order valence-electron chi connectivity index (χ3n) is 7.28. The molecular weight excluding hydrogens is 462 g/mol. The lowest BCUT2D eigenvalue weighted by Gasteiger charge is -2.38. The van der Waals surface area contributed by atoms with Crippen LogP contribution in [0.15, 0.2) is 36.5 Å². The number of rotatable bonds is 15. The molecule has 1 saturated carbocycles. The van der Waals surface area contributed by atoms with Gasteiger partial charge in [-0.2, -0.15) is 0 Å². The second-order valence-electron chi connectivity index (χ2n) is 12.4. The van der Waals surface area contributed by atoms with Crippen molar-refractivity contribution in [3.05, 3.63) is 47.8 Å². The predicted molar refractivity (Wildman–Crippen MR) is 152 cm³/mol. The van der Waals surface area contributed by atoms with Crippen molar-refractivity contribution < 1.29 is 14.3 Å². The van der Waals surface area contributed by atoms with Crippen molar-refractivity contribution in [1.29, 1.82) is 0 Å². The second-order valence-corrected chi connectivity index (χ2v) is 12.4. The normalized spacial score (nSPS) is 19.6. The van der Waals surface area contributed by atoms with Gasteiger partial charge in [0.15, 0.2) is 0 Å². The number of hydrogen-bond donors (Lipinski definition) is 0. The van der Waals surface area contributed by atoms with Crippen LogP contribution in [0.5, 0.6) is 0 Å². The highest BCUT2D eigenvalue weighted by atomic mass is 16.6. The molecule has 37 heavy (non-hydrogen) atoms. The molecule has 0 aromatic carbocycles. The van der Waals surface area contributed by atoms with Gasteiger partial charge in [0.25, 0.3) is 0 Å². The Kier molecular flexibility index (Phi) is 11.8. The Morgan fingerprint density at radius 1 is 1.24 bits per heavy atom. The van der Waals surface area contributed by atoms with Gasteiger partial charge >= 0.3 is 5.97 Å². The number of esters is 1. The summed E-state index contributed by atoms with van der Waals surface area (Å²) in [5.74, 6) is 1.04. The number of hydrogen-bond acceptors (Lipinski definition) is 5. The summed E-state index contributed by atoms with van der Waals surface area (Å²) in [6, 6.07) is -0.103. The second kappa shape index (κ2) is 14.1. The van der Waals surface area contributed by atoms with Crippen LogP contribution in [0, 0.1) is 18.3 Å².